The van der Waals surface area contributed by atoms with Crippen LogP contribution in [0.5, 0.6) is 0 Å². The normalized spacial score (nSPS) is 11.7. The van der Waals surface area contributed by atoms with Crippen molar-refractivity contribution in [1.82, 2.24) is 9.88 Å². The number of hydrogen-bond acceptors (Lipinski definition) is 3. The molecule has 5 heteroatoms. The fourth-order valence-corrected chi connectivity index (χ4v) is 2.62. The smallest absolute Gasteiger partial charge is 0.239 e. The Balaban J connectivity index is 2.22. The van der Waals surface area contributed by atoms with Crippen molar-refractivity contribution in [2.24, 2.45) is 5.41 Å². The van der Waals surface area contributed by atoms with Gasteiger partial charge in [-0.1, -0.05) is 39.0 Å². The first-order valence-corrected chi connectivity index (χ1v) is 8.23. The van der Waals surface area contributed by atoms with Gasteiger partial charge in [-0.3, -0.25) is 9.59 Å². The van der Waals surface area contributed by atoms with Crippen molar-refractivity contribution in [3.63, 3.8) is 0 Å². The predicted octanol–water partition coefficient (Wildman–Crippen LogP) is 3.02. The van der Waals surface area contributed by atoms with Crippen molar-refractivity contribution in [1.29, 1.82) is 0 Å². The first kappa shape index (κ1) is 18.2. The van der Waals surface area contributed by atoms with E-state index in [1.54, 1.807) is 13.3 Å². The average Bonchev–Trinajstić information content (AvgIpc) is 2.89. The van der Waals surface area contributed by atoms with Gasteiger partial charge in [-0.2, -0.15) is 0 Å². The van der Waals surface area contributed by atoms with Gasteiger partial charge < -0.3 is 14.6 Å². The summed E-state index contributed by atoms with van der Waals surface area (Å²) in [5.74, 6) is 0.0135. The monoisotopic (exact) mass is 330 g/mol. The molecule has 1 aromatic heterocycles. The molecule has 0 aliphatic rings. The average molecular weight is 330 g/mol. The molecule has 0 radical (unpaired) electrons. The van der Waals surface area contributed by atoms with Crippen LogP contribution in [0.25, 0.3) is 10.9 Å². The molecule has 0 saturated carbocycles. The van der Waals surface area contributed by atoms with E-state index in [1.165, 1.54) is 0 Å². The number of ether oxygens (including phenoxy) is 1. The molecule has 130 valence electrons. The van der Waals surface area contributed by atoms with Crippen molar-refractivity contribution in [2.75, 3.05) is 20.3 Å². The van der Waals surface area contributed by atoms with Crippen LogP contribution in [0.2, 0.25) is 0 Å². The van der Waals surface area contributed by atoms with Crippen LogP contribution in [-0.4, -0.2) is 36.5 Å². The van der Waals surface area contributed by atoms with Gasteiger partial charge >= 0.3 is 0 Å². The van der Waals surface area contributed by atoms with E-state index in [4.69, 9.17) is 4.74 Å². The van der Waals surface area contributed by atoms with E-state index in [1.807, 2.05) is 49.6 Å². The Morgan fingerprint density at radius 1 is 1.21 bits per heavy atom. The lowest BCUT2D eigenvalue weighted by atomic mass is 9.86. The zero-order valence-corrected chi connectivity index (χ0v) is 14.9. The molecule has 0 saturated heterocycles. The Hall–Kier alpha value is -2.14. The van der Waals surface area contributed by atoms with Crippen molar-refractivity contribution in [3.05, 3.63) is 36.0 Å². The minimum atomic E-state index is -0.461. The summed E-state index contributed by atoms with van der Waals surface area (Å²) in [6, 6.07) is 7.70. The third-order valence-corrected chi connectivity index (χ3v) is 3.88. The number of rotatable bonds is 7. The highest BCUT2D eigenvalue weighted by Gasteiger charge is 2.26. The molecule has 0 unspecified atom stereocenters. The maximum Gasteiger partial charge on any atom is 0.239 e. The van der Waals surface area contributed by atoms with Crippen LogP contribution < -0.4 is 5.32 Å². The maximum atomic E-state index is 12.7. The molecule has 2 rings (SSSR count). The van der Waals surface area contributed by atoms with E-state index in [2.05, 4.69) is 5.32 Å². The minimum Gasteiger partial charge on any atom is -0.385 e. The van der Waals surface area contributed by atoms with Crippen LogP contribution in [0.4, 0.5) is 0 Å². The summed E-state index contributed by atoms with van der Waals surface area (Å²) in [6.45, 7) is 7.12. The van der Waals surface area contributed by atoms with Gasteiger partial charge in [0.05, 0.1) is 0 Å². The number of amides is 1. The number of ketones is 1. The predicted molar refractivity (Wildman–Crippen MR) is 95.2 cm³/mol. The molecule has 1 N–H and O–H groups in total. The number of carbonyl (C=O) groups excluding carboxylic acids is 2. The van der Waals surface area contributed by atoms with E-state index >= 15 is 0 Å². The highest BCUT2D eigenvalue weighted by atomic mass is 16.5. The third-order valence-electron chi connectivity index (χ3n) is 3.88. The fourth-order valence-electron chi connectivity index (χ4n) is 2.62. The molecule has 0 bridgehead atoms. The summed E-state index contributed by atoms with van der Waals surface area (Å²) < 4.78 is 6.81. The van der Waals surface area contributed by atoms with Gasteiger partial charge in [-0.05, 0) is 12.5 Å². The Morgan fingerprint density at radius 3 is 2.58 bits per heavy atom. The molecule has 0 atom stereocenters. The quantitative estimate of drug-likeness (QED) is 0.627. The number of aromatic nitrogens is 1. The summed E-state index contributed by atoms with van der Waals surface area (Å²) in [5.41, 5.74) is 1.11. The molecule has 0 fully saturated rings. The van der Waals surface area contributed by atoms with Gasteiger partial charge in [0, 0.05) is 48.3 Å². The highest BCUT2D eigenvalue weighted by molar-refractivity contribution is 6.10. The Morgan fingerprint density at radius 2 is 1.92 bits per heavy atom. The highest BCUT2D eigenvalue weighted by Crippen LogP contribution is 2.28. The second-order valence-electron chi connectivity index (χ2n) is 6.96. The number of hydrogen-bond donors (Lipinski definition) is 1. The van der Waals surface area contributed by atoms with Gasteiger partial charge in [0.1, 0.15) is 6.54 Å². The molecule has 1 amide bonds. The van der Waals surface area contributed by atoms with Crippen LogP contribution in [0, 0.1) is 5.41 Å². The van der Waals surface area contributed by atoms with Crippen molar-refractivity contribution in [3.8, 4) is 0 Å². The van der Waals surface area contributed by atoms with Gasteiger partial charge in [0.15, 0.2) is 5.78 Å². The molecular weight excluding hydrogens is 304 g/mol. The molecule has 2 aromatic rings. The number of nitrogens with one attached hydrogen (secondary N) is 1. The summed E-state index contributed by atoms with van der Waals surface area (Å²) in [6.07, 6.45) is 2.58. The summed E-state index contributed by atoms with van der Waals surface area (Å²) in [5, 5.41) is 3.77. The lowest BCUT2D eigenvalue weighted by molar-refractivity contribution is -0.121. The van der Waals surface area contributed by atoms with E-state index in [0.29, 0.717) is 18.7 Å². The molecule has 5 nitrogen and oxygen atoms in total. The topological polar surface area (TPSA) is 60.3 Å². The molecule has 0 aliphatic carbocycles. The molecule has 24 heavy (non-hydrogen) atoms. The second kappa shape index (κ2) is 7.62. The SMILES string of the molecule is COCCCNC(=O)Cn1cc(C(=O)C(C)(C)C)c2ccccc21. The third kappa shape index (κ3) is 4.23. The summed E-state index contributed by atoms with van der Waals surface area (Å²) in [4.78, 5) is 24.8. The first-order valence-electron chi connectivity index (χ1n) is 8.23. The molecule has 0 spiro atoms. The Bertz CT molecular complexity index is 726. The lowest BCUT2D eigenvalue weighted by Gasteiger charge is -2.15. The number of fused-ring (bicyclic) bond motifs is 1. The van der Waals surface area contributed by atoms with Gasteiger partial charge in [-0.25, -0.2) is 0 Å². The van der Waals surface area contributed by atoms with Crippen LogP contribution in [0.1, 0.15) is 37.6 Å². The number of nitrogens with zero attached hydrogens (tertiary/aromatic N) is 1. The van der Waals surface area contributed by atoms with Gasteiger partial charge in [0.25, 0.3) is 0 Å². The van der Waals surface area contributed by atoms with E-state index < -0.39 is 5.41 Å². The maximum absolute atomic E-state index is 12.7. The molecular formula is C19H26N2O3. The largest absolute Gasteiger partial charge is 0.385 e. The van der Waals surface area contributed by atoms with Crippen molar-refractivity contribution >= 4 is 22.6 Å². The number of para-hydroxylation sites is 1. The zero-order valence-electron chi connectivity index (χ0n) is 14.9. The first-order chi connectivity index (χ1) is 11.3. The Labute approximate surface area is 143 Å². The fraction of sp³-hybridized carbons (Fsp3) is 0.474. The number of methoxy groups -OCH3 is 1. The van der Waals surface area contributed by atoms with Crippen LogP contribution >= 0.6 is 0 Å². The van der Waals surface area contributed by atoms with Crippen LogP contribution in [-0.2, 0) is 16.1 Å². The van der Waals surface area contributed by atoms with Gasteiger partial charge in [-0.15, -0.1) is 0 Å². The lowest BCUT2D eigenvalue weighted by Crippen LogP contribution is -2.28. The molecule has 0 aliphatic heterocycles. The second-order valence-corrected chi connectivity index (χ2v) is 6.96. The van der Waals surface area contributed by atoms with Crippen molar-refractivity contribution in [2.45, 2.75) is 33.7 Å². The van der Waals surface area contributed by atoms with Crippen LogP contribution in [0.15, 0.2) is 30.5 Å². The Kier molecular flexibility index (Phi) is 5.78. The van der Waals surface area contributed by atoms with E-state index in [-0.39, 0.29) is 18.2 Å². The van der Waals surface area contributed by atoms with Gasteiger partial charge in [0.2, 0.25) is 5.91 Å². The minimum absolute atomic E-state index is 0.0680. The van der Waals surface area contributed by atoms with E-state index in [0.717, 1.165) is 17.3 Å². The number of carbonyl (C=O) groups is 2. The van der Waals surface area contributed by atoms with Crippen molar-refractivity contribution < 1.29 is 14.3 Å². The molecule has 1 heterocycles. The number of Topliss-reactive ketones (excluding diaryl/α,β-unsaturated/α-hetero) is 1. The number of benzene rings is 1. The van der Waals surface area contributed by atoms with E-state index in [9.17, 15) is 9.59 Å². The molecule has 1 aromatic carbocycles. The summed E-state index contributed by atoms with van der Waals surface area (Å²) in [7, 11) is 1.64. The van der Waals surface area contributed by atoms with Crippen LogP contribution in [0.3, 0.4) is 0 Å². The standard InChI is InChI=1S/C19H26N2O3/c1-19(2,3)18(23)15-12-21(16-9-6-5-8-14(15)16)13-17(22)20-10-7-11-24-4/h5-6,8-9,12H,7,10-11,13H2,1-4H3,(H,20,22). The summed E-state index contributed by atoms with van der Waals surface area (Å²) >= 11 is 0. The zero-order chi connectivity index (χ0) is 17.7.